The van der Waals surface area contributed by atoms with Gasteiger partial charge in [-0.25, -0.2) is 4.79 Å². The number of carbonyl (C=O) groups excluding carboxylic acids is 6. The van der Waals surface area contributed by atoms with Crippen LogP contribution in [0.15, 0.2) is 23.3 Å². The van der Waals surface area contributed by atoms with Crippen molar-refractivity contribution in [3.8, 4) is 0 Å². The first-order chi connectivity index (χ1) is 22.3. The van der Waals surface area contributed by atoms with Gasteiger partial charge in [-0.15, -0.1) is 0 Å². The fraction of sp³-hybridized carbons (Fsp3) is 0.697. The molecule has 0 aromatic rings. The normalized spacial score (nSPS) is 42.0. The molecular formula is C33H43NO14. The Kier molecular flexibility index (Phi) is 9.16. The Labute approximate surface area is 276 Å². The summed E-state index contributed by atoms with van der Waals surface area (Å²) < 4.78 is 29.3. The molecule has 0 aromatic heterocycles. The van der Waals surface area contributed by atoms with Gasteiger partial charge in [-0.1, -0.05) is 26.0 Å². The molecule has 10 atom stereocenters. The van der Waals surface area contributed by atoms with Gasteiger partial charge in [0.05, 0.1) is 37.0 Å². The van der Waals surface area contributed by atoms with Crippen molar-refractivity contribution in [2.45, 2.75) is 115 Å². The van der Waals surface area contributed by atoms with Crippen LogP contribution in [0.5, 0.6) is 0 Å². The largest absolute Gasteiger partial charge is 0.459 e. The topological polar surface area (TPSA) is 221 Å². The lowest BCUT2D eigenvalue weighted by Crippen LogP contribution is -2.82. The molecule has 2 heterocycles. The van der Waals surface area contributed by atoms with Gasteiger partial charge in [0, 0.05) is 38.5 Å². The van der Waals surface area contributed by atoms with E-state index in [4.69, 9.17) is 23.7 Å². The van der Waals surface area contributed by atoms with E-state index in [1.165, 1.54) is 26.0 Å². The van der Waals surface area contributed by atoms with Crippen molar-refractivity contribution in [1.29, 1.82) is 0 Å². The molecule has 2 aliphatic heterocycles. The van der Waals surface area contributed by atoms with Gasteiger partial charge in [-0.05, 0) is 25.0 Å². The lowest BCUT2D eigenvalue weighted by Gasteiger charge is -2.67. The van der Waals surface area contributed by atoms with Crippen molar-refractivity contribution >= 4 is 35.6 Å². The second-order valence-electron chi connectivity index (χ2n) is 14.1. The molecule has 5 aliphatic rings. The molecule has 3 fully saturated rings. The predicted octanol–water partition coefficient (Wildman–Crippen LogP) is -0.283. The van der Waals surface area contributed by atoms with Crippen LogP contribution in [-0.4, -0.2) is 112 Å². The molecule has 3 bridgehead atoms. The number of Topliss-reactive ketones (excluding diaryl/α,β-unsaturated/α-hetero) is 1. The first kappa shape index (κ1) is 35.6. The Bertz CT molecular complexity index is 1480. The highest BCUT2D eigenvalue weighted by Gasteiger charge is 2.78. The average Bonchev–Trinajstić information content (AvgIpc) is 2.98. The lowest BCUT2D eigenvalue weighted by molar-refractivity contribution is -0.347. The van der Waals surface area contributed by atoms with Crippen LogP contribution < -0.4 is 5.32 Å². The number of ketones is 1. The van der Waals surface area contributed by atoms with E-state index in [0.717, 1.165) is 13.8 Å². The van der Waals surface area contributed by atoms with Crippen LogP contribution in [0.4, 0.5) is 0 Å². The summed E-state index contributed by atoms with van der Waals surface area (Å²) >= 11 is 0. The Balaban J connectivity index is 1.83. The van der Waals surface area contributed by atoms with Gasteiger partial charge in [-0.3, -0.25) is 24.0 Å². The fourth-order valence-corrected chi connectivity index (χ4v) is 8.40. The van der Waals surface area contributed by atoms with Gasteiger partial charge < -0.3 is 44.3 Å². The maximum absolute atomic E-state index is 15.0. The van der Waals surface area contributed by atoms with Crippen LogP contribution in [0.2, 0.25) is 0 Å². The molecule has 0 aromatic carbocycles. The standard InChI is InChI=1S/C33H43NO14/c1-15-19-12-33(43)28(47-23(40)10-8-7-9-22(39)34-13-18(37)29(42)46-19)26-31(6,20(38)11-21-32(26,14-44-21)48-17(3)36)27(41)25(45-16(2)35)24(15)30(33,4)5/h7-8,18-21,25-26,28,37-38,43H,9-14H2,1-6H3,(H,34,39)/b8-7+/t18-,19+,20+,21-,25-,26+,28+,31-,32+,33-/m1/s1. The number of aliphatic hydroxyl groups excluding tert-OH is 2. The second-order valence-corrected chi connectivity index (χ2v) is 14.1. The molecule has 15 heteroatoms. The number of fused-ring (bicyclic) bond motifs is 6. The molecule has 2 saturated carbocycles. The van der Waals surface area contributed by atoms with Crippen molar-refractivity contribution in [3.05, 3.63) is 23.3 Å². The summed E-state index contributed by atoms with van der Waals surface area (Å²) in [6.45, 7) is 7.50. The highest BCUT2D eigenvalue weighted by atomic mass is 16.6. The molecule has 0 unspecified atom stereocenters. The molecular weight excluding hydrogens is 634 g/mol. The molecule has 48 heavy (non-hydrogen) atoms. The summed E-state index contributed by atoms with van der Waals surface area (Å²) in [4.78, 5) is 79.4. The number of β-amino-alcohol motifs (C(OH)–C–C–N with tert-alkyl or cyclic N) is 1. The zero-order valence-corrected chi connectivity index (χ0v) is 27.8. The van der Waals surface area contributed by atoms with Crippen LogP contribution in [0.3, 0.4) is 0 Å². The summed E-state index contributed by atoms with van der Waals surface area (Å²) in [5, 5.41) is 37.9. The van der Waals surface area contributed by atoms with Crippen molar-refractivity contribution in [2.24, 2.45) is 16.7 Å². The minimum absolute atomic E-state index is 0.0412. The van der Waals surface area contributed by atoms with Crippen LogP contribution in [0.25, 0.3) is 0 Å². The van der Waals surface area contributed by atoms with E-state index in [2.05, 4.69) is 5.32 Å². The zero-order chi connectivity index (χ0) is 35.6. The number of amides is 1. The van der Waals surface area contributed by atoms with Gasteiger partial charge in [0.25, 0.3) is 0 Å². The summed E-state index contributed by atoms with van der Waals surface area (Å²) in [6.07, 6.45) is -7.61. The van der Waals surface area contributed by atoms with Crippen LogP contribution >= 0.6 is 0 Å². The minimum Gasteiger partial charge on any atom is -0.459 e. The average molecular weight is 678 g/mol. The summed E-state index contributed by atoms with van der Waals surface area (Å²) in [5.41, 5.74) is -7.26. The molecule has 15 nitrogen and oxygen atoms in total. The number of aliphatic hydroxyl groups is 3. The molecule has 1 amide bonds. The van der Waals surface area contributed by atoms with Crippen LogP contribution in [0, 0.1) is 16.7 Å². The highest BCUT2D eigenvalue weighted by molar-refractivity contribution is 5.95. The van der Waals surface area contributed by atoms with E-state index < -0.39 is 113 Å². The van der Waals surface area contributed by atoms with Crippen molar-refractivity contribution < 1.29 is 67.8 Å². The Morgan fingerprint density at radius 3 is 2.27 bits per heavy atom. The van der Waals surface area contributed by atoms with Gasteiger partial charge in [-0.2, -0.15) is 0 Å². The summed E-state index contributed by atoms with van der Waals surface area (Å²) in [6, 6.07) is 0. The molecule has 264 valence electrons. The Morgan fingerprint density at radius 2 is 1.67 bits per heavy atom. The third-order valence-corrected chi connectivity index (χ3v) is 11.0. The number of hydrogen-bond acceptors (Lipinski definition) is 14. The summed E-state index contributed by atoms with van der Waals surface area (Å²) in [5.74, 6) is -6.52. The molecule has 0 radical (unpaired) electrons. The molecule has 3 aliphatic carbocycles. The molecule has 1 saturated heterocycles. The first-order valence-corrected chi connectivity index (χ1v) is 15.9. The number of ether oxygens (including phenoxy) is 5. The number of nitrogens with one attached hydrogen (secondary N) is 1. The second kappa shape index (κ2) is 12.3. The molecule has 4 N–H and O–H groups in total. The number of rotatable bonds is 2. The number of esters is 4. The monoisotopic (exact) mass is 677 g/mol. The quantitative estimate of drug-likeness (QED) is 0.168. The van der Waals surface area contributed by atoms with E-state index in [1.807, 2.05) is 0 Å². The van der Waals surface area contributed by atoms with E-state index in [1.54, 1.807) is 13.8 Å². The van der Waals surface area contributed by atoms with Crippen LogP contribution in [-0.2, 0) is 52.5 Å². The number of carbonyl (C=O) groups is 6. The maximum Gasteiger partial charge on any atom is 0.337 e. The van der Waals surface area contributed by atoms with Gasteiger partial charge >= 0.3 is 23.9 Å². The smallest absolute Gasteiger partial charge is 0.337 e. The lowest BCUT2D eigenvalue weighted by atomic mass is 9.44. The van der Waals surface area contributed by atoms with Crippen molar-refractivity contribution in [1.82, 2.24) is 5.32 Å². The Hall–Kier alpha value is -3.66. The maximum atomic E-state index is 15.0. The van der Waals surface area contributed by atoms with Gasteiger partial charge in [0.15, 0.2) is 23.6 Å². The van der Waals surface area contributed by atoms with Gasteiger partial charge in [0.2, 0.25) is 5.91 Å². The van der Waals surface area contributed by atoms with E-state index in [9.17, 15) is 39.3 Å². The third-order valence-electron chi connectivity index (χ3n) is 11.0. The SMILES string of the molecule is CC(=O)O[C@H]1C(=O)[C@@]2(C)[C@H]([C@@H]3OC(=O)C/C=C/CC(=O)NC[C@@H](O)C(=O)O[C@H]4C[C@]3(O)C(C)(C)C1=C4C)[C@]1(OC(C)=O)CO[C@@H]1C[C@@H]2O. The third kappa shape index (κ3) is 5.44. The Morgan fingerprint density at radius 1 is 1.00 bits per heavy atom. The minimum atomic E-state index is -2.27. The van der Waals surface area contributed by atoms with E-state index >= 15 is 4.79 Å². The highest BCUT2D eigenvalue weighted by Crippen LogP contribution is 2.64. The molecule has 0 spiro atoms. The zero-order valence-electron chi connectivity index (χ0n) is 27.8. The van der Waals surface area contributed by atoms with Crippen molar-refractivity contribution in [3.63, 3.8) is 0 Å². The van der Waals surface area contributed by atoms with E-state index in [-0.39, 0.29) is 37.0 Å². The van der Waals surface area contributed by atoms with Crippen LogP contribution in [0.1, 0.15) is 67.2 Å². The first-order valence-electron chi connectivity index (χ1n) is 15.9. The predicted molar refractivity (Wildman–Crippen MR) is 160 cm³/mol. The van der Waals surface area contributed by atoms with E-state index in [0.29, 0.717) is 0 Å². The summed E-state index contributed by atoms with van der Waals surface area (Å²) in [7, 11) is 0. The number of hydrogen-bond donors (Lipinski definition) is 4. The van der Waals surface area contributed by atoms with Crippen molar-refractivity contribution in [2.75, 3.05) is 13.2 Å². The fourth-order valence-electron chi connectivity index (χ4n) is 8.40. The molecule has 5 rings (SSSR count). The van der Waals surface area contributed by atoms with Gasteiger partial charge in [0.1, 0.15) is 23.9 Å².